The number of piperidine rings is 1. The third kappa shape index (κ3) is 2.82. The predicted molar refractivity (Wildman–Crippen MR) is 83.0 cm³/mol. The lowest BCUT2D eigenvalue weighted by Crippen LogP contribution is -2.49. The van der Waals surface area contributed by atoms with Gasteiger partial charge >= 0.3 is 0 Å². The van der Waals surface area contributed by atoms with E-state index < -0.39 is 0 Å². The van der Waals surface area contributed by atoms with Crippen LogP contribution in [0.1, 0.15) is 46.1 Å². The van der Waals surface area contributed by atoms with Crippen LogP contribution in [0.4, 0.5) is 5.69 Å². The molecule has 1 aliphatic rings. The molecule has 110 valence electrons. The number of nitrogens with two attached hydrogens (primary N) is 1. The molecule has 20 heavy (non-hydrogen) atoms. The van der Waals surface area contributed by atoms with Crippen molar-refractivity contribution >= 4 is 11.6 Å². The van der Waals surface area contributed by atoms with Gasteiger partial charge in [0.1, 0.15) is 0 Å². The number of nitrogens with zero attached hydrogens (tertiary/aromatic N) is 1. The quantitative estimate of drug-likeness (QED) is 0.858. The van der Waals surface area contributed by atoms with E-state index in [1.54, 1.807) is 0 Å². The number of benzene rings is 1. The molecule has 1 heterocycles. The normalized spacial score (nSPS) is 27.1. The Labute approximate surface area is 122 Å². The maximum atomic E-state index is 12.5. The lowest BCUT2D eigenvalue weighted by Gasteiger charge is -2.45. The Balaban J connectivity index is 2.15. The highest BCUT2D eigenvalue weighted by molar-refractivity contribution is 5.78. The van der Waals surface area contributed by atoms with E-state index in [4.69, 9.17) is 5.73 Å². The molecular formula is C17H26N2O. The number of carbonyl (C=O) groups excluding carboxylic acids is 1. The summed E-state index contributed by atoms with van der Waals surface area (Å²) in [7, 11) is 0. The molecule has 1 aliphatic heterocycles. The Morgan fingerprint density at radius 3 is 2.60 bits per heavy atom. The van der Waals surface area contributed by atoms with Crippen molar-refractivity contribution in [2.75, 3.05) is 5.73 Å². The Morgan fingerprint density at radius 2 is 2.05 bits per heavy atom. The number of anilines is 1. The van der Waals surface area contributed by atoms with Gasteiger partial charge in [-0.25, -0.2) is 0 Å². The lowest BCUT2D eigenvalue weighted by atomic mass is 9.69. The molecule has 0 spiro atoms. The zero-order chi connectivity index (χ0) is 14.9. The number of likely N-dealkylation sites (tertiary alicyclic amines) is 1. The van der Waals surface area contributed by atoms with Gasteiger partial charge in [0.05, 0.1) is 0 Å². The number of nitrogen functional groups attached to an aromatic ring is 1. The van der Waals surface area contributed by atoms with Crippen molar-refractivity contribution in [3.05, 3.63) is 29.8 Å². The minimum absolute atomic E-state index is 0.120. The van der Waals surface area contributed by atoms with E-state index in [0.717, 1.165) is 17.7 Å². The van der Waals surface area contributed by atoms with Crippen LogP contribution < -0.4 is 5.73 Å². The average Bonchev–Trinajstić information content (AvgIpc) is 2.35. The predicted octanol–water partition coefficient (Wildman–Crippen LogP) is 3.44. The van der Waals surface area contributed by atoms with E-state index in [9.17, 15) is 4.79 Å². The average molecular weight is 274 g/mol. The summed E-state index contributed by atoms with van der Waals surface area (Å²) >= 11 is 0. The highest BCUT2D eigenvalue weighted by Gasteiger charge is 2.41. The molecule has 3 heteroatoms. The molecule has 0 aliphatic carbocycles. The van der Waals surface area contributed by atoms with E-state index >= 15 is 0 Å². The Kier molecular flexibility index (Phi) is 4.07. The number of carbonyl (C=O) groups is 1. The van der Waals surface area contributed by atoms with Crippen LogP contribution >= 0.6 is 0 Å². The van der Waals surface area contributed by atoms with Crippen molar-refractivity contribution in [2.45, 2.75) is 53.1 Å². The van der Waals surface area contributed by atoms with E-state index in [1.165, 1.54) is 0 Å². The van der Waals surface area contributed by atoms with Gasteiger partial charge in [-0.2, -0.15) is 0 Å². The summed E-state index contributed by atoms with van der Waals surface area (Å²) in [5, 5.41) is 0. The van der Waals surface area contributed by atoms with Gasteiger partial charge in [0, 0.05) is 24.7 Å². The summed E-state index contributed by atoms with van der Waals surface area (Å²) in [6.45, 7) is 9.44. The first kappa shape index (κ1) is 14.9. The molecule has 2 atom stereocenters. The van der Waals surface area contributed by atoms with Crippen molar-refractivity contribution in [1.29, 1.82) is 0 Å². The SMILES string of the molecule is CC1C[C@](C)(C(C)C)CC(=O)N1Cc1ccccc1N. The molecule has 1 unspecified atom stereocenters. The van der Waals surface area contributed by atoms with Gasteiger partial charge in [-0.05, 0) is 36.3 Å². The highest BCUT2D eigenvalue weighted by Crippen LogP contribution is 2.41. The summed E-state index contributed by atoms with van der Waals surface area (Å²) in [6, 6.07) is 8.07. The zero-order valence-corrected chi connectivity index (χ0v) is 13.0. The maximum Gasteiger partial charge on any atom is 0.223 e. The second-order valence-electron chi connectivity index (χ2n) is 6.76. The lowest BCUT2D eigenvalue weighted by molar-refractivity contribution is -0.143. The molecule has 2 N–H and O–H groups in total. The summed E-state index contributed by atoms with van der Waals surface area (Å²) in [5.74, 6) is 0.779. The van der Waals surface area contributed by atoms with Gasteiger partial charge in [0.25, 0.3) is 0 Å². The van der Waals surface area contributed by atoms with Crippen molar-refractivity contribution < 1.29 is 4.79 Å². The van der Waals surface area contributed by atoms with Crippen molar-refractivity contribution in [1.82, 2.24) is 4.90 Å². The standard InChI is InChI=1S/C17H26N2O/c1-12(2)17(4)9-13(3)19(16(20)10-17)11-14-7-5-6-8-15(14)18/h5-8,12-13H,9-11,18H2,1-4H3/t13?,17-/m0/s1. The second-order valence-corrected chi connectivity index (χ2v) is 6.76. The molecule has 0 bridgehead atoms. The van der Waals surface area contributed by atoms with Gasteiger partial charge in [-0.1, -0.05) is 39.0 Å². The molecule has 1 aromatic rings. The zero-order valence-electron chi connectivity index (χ0n) is 13.0. The highest BCUT2D eigenvalue weighted by atomic mass is 16.2. The van der Waals surface area contributed by atoms with Crippen LogP contribution in [0.15, 0.2) is 24.3 Å². The number of hydrogen-bond acceptors (Lipinski definition) is 2. The fraction of sp³-hybridized carbons (Fsp3) is 0.588. The van der Waals surface area contributed by atoms with Gasteiger partial charge in [0.15, 0.2) is 0 Å². The molecule has 1 saturated heterocycles. The monoisotopic (exact) mass is 274 g/mol. The summed E-state index contributed by atoms with van der Waals surface area (Å²) < 4.78 is 0. The van der Waals surface area contributed by atoms with E-state index in [1.807, 2.05) is 29.2 Å². The molecule has 0 saturated carbocycles. The maximum absolute atomic E-state index is 12.5. The second kappa shape index (κ2) is 5.47. The fourth-order valence-electron chi connectivity index (χ4n) is 3.10. The fourth-order valence-corrected chi connectivity index (χ4v) is 3.10. The van der Waals surface area contributed by atoms with Crippen LogP contribution in [0, 0.1) is 11.3 Å². The minimum Gasteiger partial charge on any atom is -0.398 e. The van der Waals surface area contributed by atoms with Crippen molar-refractivity contribution in [3.63, 3.8) is 0 Å². The Morgan fingerprint density at radius 1 is 1.40 bits per heavy atom. The molecule has 1 fully saturated rings. The van der Waals surface area contributed by atoms with Crippen LogP contribution in [-0.2, 0) is 11.3 Å². The topological polar surface area (TPSA) is 46.3 Å². The van der Waals surface area contributed by atoms with Gasteiger partial charge in [-0.15, -0.1) is 0 Å². The largest absolute Gasteiger partial charge is 0.398 e. The number of hydrogen-bond donors (Lipinski definition) is 1. The summed E-state index contributed by atoms with van der Waals surface area (Å²) in [6.07, 6.45) is 1.70. The first-order valence-corrected chi connectivity index (χ1v) is 7.46. The van der Waals surface area contributed by atoms with E-state index in [-0.39, 0.29) is 17.4 Å². The van der Waals surface area contributed by atoms with Crippen molar-refractivity contribution in [2.24, 2.45) is 11.3 Å². The third-order valence-corrected chi connectivity index (χ3v) is 4.96. The summed E-state index contributed by atoms with van der Waals surface area (Å²) in [4.78, 5) is 14.5. The Hall–Kier alpha value is -1.51. The smallest absolute Gasteiger partial charge is 0.223 e. The van der Waals surface area contributed by atoms with Gasteiger partial charge in [-0.3, -0.25) is 4.79 Å². The van der Waals surface area contributed by atoms with Crippen LogP contribution in [0.25, 0.3) is 0 Å². The summed E-state index contributed by atoms with van der Waals surface area (Å²) in [5.41, 5.74) is 7.92. The molecule has 0 radical (unpaired) electrons. The third-order valence-electron chi connectivity index (χ3n) is 4.96. The van der Waals surface area contributed by atoms with Gasteiger partial charge in [0.2, 0.25) is 5.91 Å². The van der Waals surface area contributed by atoms with E-state index in [2.05, 4.69) is 27.7 Å². The molecule has 1 aromatic carbocycles. The van der Waals surface area contributed by atoms with Crippen molar-refractivity contribution in [3.8, 4) is 0 Å². The first-order chi connectivity index (χ1) is 9.33. The number of para-hydroxylation sites is 1. The number of rotatable bonds is 3. The molecule has 3 nitrogen and oxygen atoms in total. The Bertz CT molecular complexity index is 498. The molecule has 0 aromatic heterocycles. The molecule has 1 amide bonds. The van der Waals surface area contributed by atoms with Crippen LogP contribution in [-0.4, -0.2) is 16.8 Å². The molecule has 2 rings (SSSR count). The van der Waals surface area contributed by atoms with E-state index in [0.29, 0.717) is 18.9 Å². The van der Waals surface area contributed by atoms with Crippen LogP contribution in [0.2, 0.25) is 0 Å². The van der Waals surface area contributed by atoms with Gasteiger partial charge < -0.3 is 10.6 Å². The van der Waals surface area contributed by atoms with Crippen LogP contribution in [0.5, 0.6) is 0 Å². The molecular weight excluding hydrogens is 248 g/mol. The number of amides is 1. The minimum atomic E-state index is 0.120. The van der Waals surface area contributed by atoms with Crippen LogP contribution in [0.3, 0.4) is 0 Å². The first-order valence-electron chi connectivity index (χ1n) is 7.46.